The number of nitrogens with zero attached hydrogens (tertiary/aromatic N) is 1. The van der Waals surface area contributed by atoms with Crippen LogP contribution in [0.1, 0.15) is 32.8 Å². The summed E-state index contributed by atoms with van der Waals surface area (Å²) >= 11 is 6.18. The molecule has 1 fully saturated rings. The van der Waals surface area contributed by atoms with E-state index in [0.29, 0.717) is 0 Å². The minimum Gasteiger partial charge on any atom is -0.371 e. The summed E-state index contributed by atoms with van der Waals surface area (Å²) in [6.07, 6.45) is 1.30. The Morgan fingerprint density at radius 3 is 2.84 bits per heavy atom. The first-order chi connectivity index (χ1) is 9.11. The van der Waals surface area contributed by atoms with Gasteiger partial charge in [-0.05, 0) is 42.5 Å². The first kappa shape index (κ1) is 14.7. The molecule has 1 aliphatic rings. The molecule has 1 aromatic carbocycles. The molecule has 19 heavy (non-hydrogen) atoms. The van der Waals surface area contributed by atoms with Gasteiger partial charge in [-0.25, -0.2) is 0 Å². The molecule has 2 nitrogen and oxygen atoms in total. The monoisotopic (exact) mass is 280 g/mol. The van der Waals surface area contributed by atoms with E-state index < -0.39 is 0 Å². The fourth-order valence-corrected chi connectivity index (χ4v) is 2.96. The van der Waals surface area contributed by atoms with Gasteiger partial charge in [-0.2, -0.15) is 0 Å². The van der Waals surface area contributed by atoms with Crippen LogP contribution in [-0.2, 0) is 6.54 Å². The summed E-state index contributed by atoms with van der Waals surface area (Å²) in [7, 11) is 0. The van der Waals surface area contributed by atoms with Crippen LogP contribution >= 0.6 is 11.6 Å². The van der Waals surface area contributed by atoms with Crippen LogP contribution in [0, 0.1) is 11.8 Å². The summed E-state index contributed by atoms with van der Waals surface area (Å²) < 4.78 is 0. The van der Waals surface area contributed by atoms with Crippen LogP contribution in [0.4, 0.5) is 5.69 Å². The minimum absolute atomic E-state index is 0.765. The Morgan fingerprint density at radius 2 is 2.21 bits per heavy atom. The molecule has 0 radical (unpaired) electrons. The number of hydrogen-bond acceptors (Lipinski definition) is 2. The number of anilines is 1. The minimum atomic E-state index is 0.765. The summed E-state index contributed by atoms with van der Waals surface area (Å²) in [5.41, 5.74) is 2.67. The molecule has 1 unspecified atom stereocenters. The summed E-state index contributed by atoms with van der Waals surface area (Å²) in [6.45, 7) is 11.0. The van der Waals surface area contributed by atoms with E-state index >= 15 is 0 Å². The maximum Gasteiger partial charge on any atom is 0.0426 e. The molecule has 1 heterocycles. The predicted molar refractivity (Wildman–Crippen MR) is 84.0 cm³/mol. The SMILES string of the molecule is CCNCc1ccc(Cl)cc1N1CCC(C(C)C)C1. The van der Waals surface area contributed by atoms with Gasteiger partial charge in [0.05, 0.1) is 0 Å². The van der Waals surface area contributed by atoms with Crippen molar-refractivity contribution in [1.82, 2.24) is 5.32 Å². The molecular weight excluding hydrogens is 256 g/mol. The van der Waals surface area contributed by atoms with Crippen molar-refractivity contribution in [3.8, 4) is 0 Å². The molecule has 3 heteroatoms. The van der Waals surface area contributed by atoms with E-state index in [4.69, 9.17) is 11.6 Å². The average Bonchev–Trinajstić information content (AvgIpc) is 2.87. The Bertz CT molecular complexity index is 417. The third-order valence-electron chi connectivity index (χ3n) is 4.12. The van der Waals surface area contributed by atoms with E-state index in [0.717, 1.165) is 43.0 Å². The highest BCUT2D eigenvalue weighted by molar-refractivity contribution is 6.30. The van der Waals surface area contributed by atoms with E-state index in [9.17, 15) is 0 Å². The van der Waals surface area contributed by atoms with Gasteiger partial charge in [0.1, 0.15) is 0 Å². The quantitative estimate of drug-likeness (QED) is 0.879. The van der Waals surface area contributed by atoms with Crippen LogP contribution in [0.5, 0.6) is 0 Å². The van der Waals surface area contributed by atoms with Gasteiger partial charge in [-0.15, -0.1) is 0 Å². The van der Waals surface area contributed by atoms with E-state index in [2.05, 4.69) is 43.1 Å². The van der Waals surface area contributed by atoms with Crippen molar-refractivity contribution in [2.75, 3.05) is 24.5 Å². The lowest BCUT2D eigenvalue weighted by molar-refractivity contribution is 0.422. The van der Waals surface area contributed by atoms with Crippen molar-refractivity contribution >= 4 is 17.3 Å². The zero-order valence-electron chi connectivity index (χ0n) is 12.2. The molecule has 106 valence electrons. The molecule has 0 aromatic heterocycles. The molecule has 1 atom stereocenters. The second-order valence-corrected chi connectivity index (χ2v) is 6.23. The Kier molecular flexibility index (Phi) is 5.12. The lowest BCUT2D eigenvalue weighted by Gasteiger charge is -2.23. The fraction of sp³-hybridized carbons (Fsp3) is 0.625. The van der Waals surface area contributed by atoms with Gasteiger partial charge in [-0.3, -0.25) is 0 Å². The number of halogens is 1. The van der Waals surface area contributed by atoms with Crippen LogP contribution in [0.2, 0.25) is 5.02 Å². The van der Waals surface area contributed by atoms with Gasteiger partial charge in [0.2, 0.25) is 0 Å². The average molecular weight is 281 g/mol. The lowest BCUT2D eigenvalue weighted by Crippen LogP contribution is -2.24. The molecule has 0 spiro atoms. The Balaban J connectivity index is 2.16. The van der Waals surface area contributed by atoms with Crippen molar-refractivity contribution in [2.24, 2.45) is 11.8 Å². The number of rotatable bonds is 5. The molecule has 0 amide bonds. The maximum atomic E-state index is 6.18. The highest BCUT2D eigenvalue weighted by atomic mass is 35.5. The van der Waals surface area contributed by atoms with E-state index in [-0.39, 0.29) is 0 Å². The van der Waals surface area contributed by atoms with Crippen molar-refractivity contribution in [1.29, 1.82) is 0 Å². The first-order valence-corrected chi connectivity index (χ1v) is 7.73. The molecule has 1 N–H and O–H groups in total. The standard InChI is InChI=1S/C16H25ClN2/c1-4-18-10-13-5-6-15(17)9-16(13)19-8-7-14(11-19)12(2)3/h5-6,9,12,14,18H,4,7-8,10-11H2,1-3H3. The van der Waals surface area contributed by atoms with Crippen molar-refractivity contribution in [3.05, 3.63) is 28.8 Å². The molecule has 0 saturated carbocycles. The van der Waals surface area contributed by atoms with Crippen LogP contribution in [0.3, 0.4) is 0 Å². The summed E-state index contributed by atoms with van der Waals surface area (Å²) in [5.74, 6) is 1.58. The smallest absolute Gasteiger partial charge is 0.0426 e. The van der Waals surface area contributed by atoms with Gasteiger partial charge in [0, 0.05) is 30.3 Å². The fourth-order valence-electron chi connectivity index (χ4n) is 2.79. The highest BCUT2D eigenvalue weighted by Gasteiger charge is 2.26. The van der Waals surface area contributed by atoms with Gasteiger partial charge in [0.25, 0.3) is 0 Å². The normalized spacial score (nSPS) is 19.4. The molecule has 0 aliphatic carbocycles. The molecule has 1 aliphatic heterocycles. The van der Waals surface area contributed by atoms with Crippen molar-refractivity contribution < 1.29 is 0 Å². The second kappa shape index (κ2) is 6.62. The van der Waals surface area contributed by atoms with E-state index in [1.54, 1.807) is 0 Å². The van der Waals surface area contributed by atoms with Gasteiger partial charge < -0.3 is 10.2 Å². The molecular formula is C16H25ClN2. The van der Waals surface area contributed by atoms with Crippen LogP contribution < -0.4 is 10.2 Å². The molecule has 0 bridgehead atoms. The van der Waals surface area contributed by atoms with E-state index in [1.807, 2.05) is 6.07 Å². The zero-order valence-corrected chi connectivity index (χ0v) is 13.0. The first-order valence-electron chi connectivity index (χ1n) is 7.36. The summed E-state index contributed by atoms with van der Waals surface area (Å²) in [4.78, 5) is 2.50. The summed E-state index contributed by atoms with van der Waals surface area (Å²) in [5, 5.41) is 4.25. The highest BCUT2D eigenvalue weighted by Crippen LogP contribution is 2.32. The molecule has 1 saturated heterocycles. The van der Waals surface area contributed by atoms with Crippen LogP contribution in [0.25, 0.3) is 0 Å². The Morgan fingerprint density at radius 1 is 1.42 bits per heavy atom. The van der Waals surface area contributed by atoms with Gasteiger partial charge >= 0.3 is 0 Å². The molecule has 2 rings (SSSR count). The van der Waals surface area contributed by atoms with Crippen LogP contribution in [0.15, 0.2) is 18.2 Å². The van der Waals surface area contributed by atoms with Crippen LogP contribution in [-0.4, -0.2) is 19.6 Å². The zero-order chi connectivity index (χ0) is 13.8. The number of nitrogens with one attached hydrogen (secondary N) is 1. The Labute approximate surface area is 122 Å². The van der Waals surface area contributed by atoms with Crippen molar-refractivity contribution in [3.63, 3.8) is 0 Å². The number of benzene rings is 1. The largest absolute Gasteiger partial charge is 0.371 e. The third-order valence-corrected chi connectivity index (χ3v) is 4.36. The lowest BCUT2D eigenvalue weighted by atomic mass is 9.95. The van der Waals surface area contributed by atoms with E-state index in [1.165, 1.54) is 17.7 Å². The van der Waals surface area contributed by atoms with Gasteiger partial charge in [0.15, 0.2) is 0 Å². The topological polar surface area (TPSA) is 15.3 Å². The number of hydrogen-bond donors (Lipinski definition) is 1. The Hall–Kier alpha value is -0.730. The third kappa shape index (κ3) is 3.64. The van der Waals surface area contributed by atoms with Crippen molar-refractivity contribution in [2.45, 2.75) is 33.7 Å². The molecule has 1 aromatic rings. The predicted octanol–water partition coefficient (Wildman–Crippen LogP) is 3.93. The summed E-state index contributed by atoms with van der Waals surface area (Å²) in [6, 6.07) is 6.27. The maximum absolute atomic E-state index is 6.18. The van der Waals surface area contributed by atoms with Gasteiger partial charge in [-0.1, -0.05) is 38.4 Å². The second-order valence-electron chi connectivity index (χ2n) is 5.79.